The second kappa shape index (κ2) is 6.80. The van der Waals surface area contributed by atoms with Crippen molar-refractivity contribution in [3.05, 3.63) is 23.8 Å². The summed E-state index contributed by atoms with van der Waals surface area (Å²) < 4.78 is 10.7. The summed E-state index contributed by atoms with van der Waals surface area (Å²) in [6.45, 7) is 5.93. The quantitative estimate of drug-likeness (QED) is 0.775. The lowest BCUT2D eigenvalue weighted by Gasteiger charge is -2.19. The molecular formula is C16H26NO2+. The summed E-state index contributed by atoms with van der Waals surface area (Å²) in [6, 6.07) is 6.28. The summed E-state index contributed by atoms with van der Waals surface area (Å²) in [6.07, 6.45) is 4.10. The molecule has 1 aliphatic carbocycles. The molecule has 1 aromatic rings. The van der Waals surface area contributed by atoms with Crippen molar-refractivity contribution in [3.63, 3.8) is 0 Å². The zero-order valence-electron chi connectivity index (χ0n) is 12.4. The highest BCUT2D eigenvalue weighted by atomic mass is 16.5. The SMILES string of the molecule is CCC[NH+](Cc1ccc(OC)c(OC)c1)CC1CC1. The van der Waals surface area contributed by atoms with Crippen LogP contribution in [0, 0.1) is 5.92 Å². The summed E-state index contributed by atoms with van der Waals surface area (Å²) in [5.74, 6) is 2.62. The minimum absolute atomic E-state index is 0.811. The third-order valence-corrected chi connectivity index (χ3v) is 3.78. The van der Waals surface area contributed by atoms with Crippen molar-refractivity contribution in [3.8, 4) is 11.5 Å². The highest BCUT2D eigenvalue weighted by Crippen LogP contribution is 2.28. The van der Waals surface area contributed by atoms with Crippen molar-refractivity contribution >= 4 is 0 Å². The molecule has 1 N–H and O–H groups in total. The number of rotatable bonds is 8. The molecule has 106 valence electrons. The first-order chi connectivity index (χ1) is 9.26. The van der Waals surface area contributed by atoms with Gasteiger partial charge in [-0.1, -0.05) is 6.92 Å². The predicted octanol–water partition coefficient (Wildman–Crippen LogP) is 1.91. The molecule has 1 unspecified atom stereocenters. The fraction of sp³-hybridized carbons (Fsp3) is 0.625. The predicted molar refractivity (Wildman–Crippen MR) is 77.0 cm³/mol. The van der Waals surface area contributed by atoms with E-state index in [1.54, 1.807) is 19.1 Å². The Labute approximate surface area is 116 Å². The number of nitrogens with one attached hydrogen (secondary N) is 1. The van der Waals surface area contributed by atoms with Crippen LogP contribution in [0.15, 0.2) is 18.2 Å². The minimum atomic E-state index is 0.811. The summed E-state index contributed by atoms with van der Waals surface area (Å²) >= 11 is 0. The van der Waals surface area contributed by atoms with Gasteiger partial charge in [0, 0.05) is 11.5 Å². The second-order valence-corrected chi connectivity index (χ2v) is 5.51. The summed E-state index contributed by atoms with van der Waals surface area (Å²) in [4.78, 5) is 1.69. The lowest BCUT2D eigenvalue weighted by atomic mass is 10.1. The maximum absolute atomic E-state index is 5.38. The maximum Gasteiger partial charge on any atom is 0.161 e. The van der Waals surface area contributed by atoms with E-state index in [2.05, 4.69) is 19.1 Å². The molecule has 1 saturated carbocycles. The van der Waals surface area contributed by atoms with E-state index in [9.17, 15) is 0 Å². The first kappa shape index (κ1) is 14.2. The Kier molecular flexibility index (Phi) is 5.08. The Morgan fingerprint density at radius 3 is 2.47 bits per heavy atom. The van der Waals surface area contributed by atoms with Crippen molar-refractivity contribution in [2.24, 2.45) is 5.92 Å². The Morgan fingerprint density at radius 1 is 1.16 bits per heavy atom. The van der Waals surface area contributed by atoms with Gasteiger partial charge in [-0.3, -0.25) is 0 Å². The Balaban J connectivity index is 2.02. The molecule has 0 amide bonds. The van der Waals surface area contributed by atoms with Crippen molar-refractivity contribution in [2.45, 2.75) is 32.7 Å². The number of hydrogen-bond donors (Lipinski definition) is 1. The van der Waals surface area contributed by atoms with E-state index in [0.717, 1.165) is 24.0 Å². The average molecular weight is 264 g/mol. The van der Waals surface area contributed by atoms with E-state index in [1.165, 1.54) is 37.9 Å². The van der Waals surface area contributed by atoms with E-state index >= 15 is 0 Å². The maximum atomic E-state index is 5.38. The average Bonchev–Trinajstić information content (AvgIpc) is 3.22. The van der Waals surface area contributed by atoms with Gasteiger partial charge in [-0.25, -0.2) is 0 Å². The summed E-state index contributed by atoms with van der Waals surface area (Å²) in [5, 5.41) is 0. The number of quaternary nitrogens is 1. The van der Waals surface area contributed by atoms with Crippen LogP contribution in [0.25, 0.3) is 0 Å². The Bertz CT molecular complexity index is 402. The molecule has 1 fully saturated rings. The number of methoxy groups -OCH3 is 2. The zero-order chi connectivity index (χ0) is 13.7. The number of benzene rings is 1. The normalized spacial score (nSPS) is 16.2. The van der Waals surface area contributed by atoms with Crippen LogP contribution in [0.1, 0.15) is 31.7 Å². The molecule has 1 aliphatic rings. The third kappa shape index (κ3) is 4.13. The lowest BCUT2D eigenvalue weighted by molar-refractivity contribution is -0.915. The molecule has 0 aromatic heterocycles. The highest BCUT2D eigenvalue weighted by Gasteiger charge is 2.26. The number of ether oxygens (including phenoxy) is 2. The lowest BCUT2D eigenvalue weighted by Crippen LogP contribution is -3.11. The Hall–Kier alpha value is -1.22. The smallest absolute Gasteiger partial charge is 0.161 e. The van der Waals surface area contributed by atoms with E-state index in [4.69, 9.17) is 9.47 Å². The monoisotopic (exact) mass is 264 g/mol. The minimum Gasteiger partial charge on any atom is -0.493 e. The summed E-state index contributed by atoms with van der Waals surface area (Å²) in [5.41, 5.74) is 1.33. The van der Waals surface area contributed by atoms with Gasteiger partial charge in [-0.2, -0.15) is 0 Å². The molecule has 0 aliphatic heterocycles. The molecule has 0 spiro atoms. The van der Waals surface area contributed by atoms with Crippen molar-refractivity contribution in [1.29, 1.82) is 0 Å². The fourth-order valence-electron chi connectivity index (χ4n) is 2.63. The van der Waals surface area contributed by atoms with Crippen LogP contribution in [0.4, 0.5) is 0 Å². The molecule has 0 saturated heterocycles. The molecule has 19 heavy (non-hydrogen) atoms. The third-order valence-electron chi connectivity index (χ3n) is 3.78. The molecule has 0 bridgehead atoms. The number of hydrogen-bond acceptors (Lipinski definition) is 2. The van der Waals surface area contributed by atoms with Gasteiger partial charge in [-0.15, -0.1) is 0 Å². The molecule has 0 radical (unpaired) electrons. The van der Waals surface area contributed by atoms with Gasteiger partial charge in [0.15, 0.2) is 11.5 Å². The van der Waals surface area contributed by atoms with E-state index in [0.29, 0.717) is 0 Å². The second-order valence-electron chi connectivity index (χ2n) is 5.51. The molecule has 2 rings (SSSR count). The van der Waals surface area contributed by atoms with Gasteiger partial charge in [0.25, 0.3) is 0 Å². The van der Waals surface area contributed by atoms with Crippen molar-refractivity contribution in [2.75, 3.05) is 27.3 Å². The van der Waals surface area contributed by atoms with Crippen molar-refractivity contribution in [1.82, 2.24) is 0 Å². The van der Waals surface area contributed by atoms with Crippen LogP contribution in [0.5, 0.6) is 11.5 Å². The summed E-state index contributed by atoms with van der Waals surface area (Å²) in [7, 11) is 3.38. The van der Waals surface area contributed by atoms with Crippen LogP contribution in [-0.2, 0) is 6.54 Å². The fourth-order valence-corrected chi connectivity index (χ4v) is 2.63. The molecule has 1 aromatic carbocycles. The van der Waals surface area contributed by atoms with Gasteiger partial charge >= 0.3 is 0 Å². The van der Waals surface area contributed by atoms with E-state index in [-0.39, 0.29) is 0 Å². The molecule has 3 nitrogen and oxygen atoms in total. The van der Waals surface area contributed by atoms with Crippen LogP contribution in [0.2, 0.25) is 0 Å². The topological polar surface area (TPSA) is 22.9 Å². The van der Waals surface area contributed by atoms with E-state index < -0.39 is 0 Å². The van der Waals surface area contributed by atoms with Gasteiger partial charge in [0.1, 0.15) is 6.54 Å². The van der Waals surface area contributed by atoms with Crippen LogP contribution in [0.3, 0.4) is 0 Å². The molecule has 3 heteroatoms. The van der Waals surface area contributed by atoms with Crippen molar-refractivity contribution < 1.29 is 14.4 Å². The van der Waals surface area contributed by atoms with Crippen LogP contribution < -0.4 is 14.4 Å². The van der Waals surface area contributed by atoms with Gasteiger partial charge in [0.05, 0.1) is 27.3 Å². The Morgan fingerprint density at radius 2 is 1.89 bits per heavy atom. The van der Waals surface area contributed by atoms with E-state index in [1.807, 2.05) is 6.07 Å². The van der Waals surface area contributed by atoms with Gasteiger partial charge in [0.2, 0.25) is 0 Å². The van der Waals surface area contributed by atoms with Crippen LogP contribution >= 0.6 is 0 Å². The van der Waals surface area contributed by atoms with Gasteiger partial charge in [-0.05, 0) is 37.5 Å². The standard InChI is InChI=1S/C16H25NO2/c1-4-9-17(11-13-5-6-13)12-14-7-8-15(18-2)16(10-14)19-3/h7-8,10,13H,4-6,9,11-12H2,1-3H3/p+1. The molecule has 1 atom stereocenters. The molecule has 0 heterocycles. The molecular weight excluding hydrogens is 238 g/mol. The van der Waals surface area contributed by atoms with Crippen LogP contribution in [-0.4, -0.2) is 27.3 Å². The largest absolute Gasteiger partial charge is 0.493 e. The zero-order valence-corrected chi connectivity index (χ0v) is 12.4. The first-order valence-corrected chi connectivity index (χ1v) is 7.31. The first-order valence-electron chi connectivity index (χ1n) is 7.31. The van der Waals surface area contributed by atoms with Gasteiger partial charge < -0.3 is 14.4 Å². The highest BCUT2D eigenvalue weighted by molar-refractivity contribution is 5.42.